The molecule has 0 aliphatic carbocycles. The molecule has 0 spiro atoms. The summed E-state index contributed by atoms with van der Waals surface area (Å²) in [5, 5.41) is 2.57. The van der Waals surface area contributed by atoms with Gasteiger partial charge in [0.25, 0.3) is 10.0 Å². The Bertz CT molecular complexity index is 832. The van der Waals surface area contributed by atoms with E-state index in [1.807, 2.05) is 0 Å². The topological polar surface area (TPSA) is 93.7 Å². The number of hydrogen-bond donors (Lipinski definition) is 2. The summed E-state index contributed by atoms with van der Waals surface area (Å²) in [6, 6.07) is 10.7. The molecule has 0 aromatic heterocycles. The van der Waals surface area contributed by atoms with Gasteiger partial charge in [0.15, 0.2) is 0 Å². The van der Waals surface area contributed by atoms with Crippen LogP contribution in [0.15, 0.2) is 47.4 Å². The number of carbonyl (C=O) groups excluding carboxylic acids is 1. The Morgan fingerprint density at radius 1 is 1.00 bits per heavy atom. The average molecular weight is 350 g/mol. The zero-order valence-electron chi connectivity index (χ0n) is 13.5. The molecule has 2 rings (SSSR count). The number of amides is 1. The number of nitrogens with one attached hydrogen (secondary N) is 2. The SMILES string of the molecule is COc1ccc(NS(=O)(=O)c2ccc(NC(C)=O)c(OC)c2)cc1. The van der Waals surface area contributed by atoms with Crippen molar-refractivity contribution in [2.75, 3.05) is 24.3 Å². The molecule has 0 saturated carbocycles. The zero-order chi connectivity index (χ0) is 17.7. The summed E-state index contributed by atoms with van der Waals surface area (Å²) < 4.78 is 37.6. The van der Waals surface area contributed by atoms with Gasteiger partial charge in [-0.2, -0.15) is 0 Å². The molecule has 2 N–H and O–H groups in total. The minimum absolute atomic E-state index is 0.0178. The molecule has 2 aromatic rings. The van der Waals surface area contributed by atoms with Gasteiger partial charge in [-0.15, -0.1) is 0 Å². The van der Waals surface area contributed by atoms with Gasteiger partial charge in [-0.3, -0.25) is 9.52 Å². The smallest absolute Gasteiger partial charge is 0.262 e. The van der Waals surface area contributed by atoms with Crippen molar-refractivity contribution in [3.63, 3.8) is 0 Å². The molecule has 0 aliphatic heterocycles. The van der Waals surface area contributed by atoms with E-state index in [4.69, 9.17) is 9.47 Å². The van der Waals surface area contributed by atoms with Crippen LogP contribution in [0.1, 0.15) is 6.92 Å². The van der Waals surface area contributed by atoms with E-state index < -0.39 is 10.0 Å². The predicted molar refractivity (Wildman–Crippen MR) is 91.1 cm³/mol. The lowest BCUT2D eigenvalue weighted by Crippen LogP contribution is -2.14. The van der Waals surface area contributed by atoms with Gasteiger partial charge < -0.3 is 14.8 Å². The van der Waals surface area contributed by atoms with Crippen molar-refractivity contribution in [3.8, 4) is 11.5 Å². The van der Waals surface area contributed by atoms with E-state index in [1.165, 1.54) is 39.3 Å². The second-order valence-electron chi connectivity index (χ2n) is 4.88. The van der Waals surface area contributed by atoms with E-state index in [2.05, 4.69) is 10.0 Å². The van der Waals surface area contributed by atoms with E-state index in [0.29, 0.717) is 17.1 Å². The van der Waals surface area contributed by atoms with Crippen molar-refractivity contribution in [2.45, 2.75) is 11.8 Å². The maximum absolute atomic E-state index is 12.5. The Labute approximate surface area is 140 Å². The lowest BCUT2D eigenvalue weighted by molar-refractivity contribution is -0.114. The molecule has 0 heterocycles. The number of ether oxygens (including phenoxy) is 2. The van der Waals surface area contributed by atoms with Gasteiger partial charge in [0, 0.05) is 18.7 Å². The van der Waals surface area contributed by atoms with Crippen molar-refractivity contribution in [2.24, 2.45) is 0 Å². The van der Waals surface area contributed by atoms with Gasteiger partial charge in [0.05, 0.1) is 24.8 Å². The molecule has 0 unspecified atom stereocenters. The quantitative estimate of drug-likeness (QED) is 0.835. The van der Waals surface area contributed by atoms with E-state index in [0.717, 1.165) is 0 Å². The number of sulfonamides is 1. The Hall–Kier alpha value is -2.74. The Morgan fingerprint density at radius 3 is 2.21 bits per heavy atom. The highest BCUT2D eigenvalue weighted by atomic mass is 32.2. The summed E-state index contributed by atoms with van der Waals surface area (Å²) in [4.78, 5) is 11.2. The van der Waals surface area contributed by atoms with Crippen LogP contribution in [0.4, 0.5) is 11.4 Å². The maximum atomic E-state index is 12.5. The van der Waals surface area contributed by atoms with Gasteiger partial charge in [0.2, 0.25) is 5.91 Å². The Kier molecular flexibility index (Phi) is 5.30. The molecule has 8 heteroatoms. The van der Waals surface area contributed by atoms with E-state index in [9.17, 15) is 13.2 Å². The third kappa shape index (κ3) is 4.17. The summed E-state index contributed by atoms with van der Waals surface area (Å²) in [5.74, 6) is 0.599. The highest BCUT2D eigenvalue weighted by Crippen LogP contribution is 2.28. The molecule has 0 atom stereocenters. The van der Waals surface area contributed by atoms with Gasteiger partial charge in [-0.05, 0) is 36.4 Å². The summed E-state index contributed by atoms with van der Waals surface area (Å²) in [7, 11) is -0.868. The first-order chi connectivity index (χ1) is 11.4. The van der Waals surface area contributed by atoms with Crippen LogP contribution in [0.2, 0.25) is 0 Å². The number of benzene rings is 2. The molecular formula is C16H18N2O5S. The molecule has 0 fully saturated rings. The molecule has 0 bridgehead atoms. The molecule has 7 nitrogen and oxygen atoms in total. The van der Waals surface area contributed by atoms with Gasteiger partial charge >= 0.3 is 0 Å². The Morgan fingerprint density at radius 2 is 1.67 bits per heavy atom. The predicted octanol–water partition coefficient (Wildman–Crippen LogP) is 2.46. The first-order valence-corrected chi connectivity index (χ1v) is 8.46. The summed E-state index contributed by atoms with van der Waals surface area (Å²) in [5.41, 5.74) is 0.800. The normalized spacial score (nSPS) is 10.8. The molecule has 2 aromatic carbocycles. The third-order valence-corrected chi connectivity index (χ3v) is 4.52. The van der Waals surface area contributed by atoms with Crippen molar-refractivity contribution < 1.29 is 22.7 Å². The van der Waals surface area contributed by atoms with Crippen LogP contribution in [0.25, 0.3) is 0 Å². The fraction of sp³-hybridized carbons (Fsp3) is 0.188. The summed E-state index contributed by atoms with van der Waals surface area (Å²) in [6.45, 7) is 1.36. The molecule has 0 saturated heterocycles. The fourth-order valence-corrected chi connectivity index (χ4v) is 3.08. The van der Waals surface area contributed by atoms with Gasteiger partial charge in [-0.1, -0.05) is 0 Å². The van der Waals surface area contributed by atoms with Crippen LogP contribution >= 0.6 is 0 Å². The largest absolute Gasteiger partial charge is 0.497 e. The molecule has 0 aliphatic rings. The first-order valence-electron chi connectivity index (χ1n) is 6.98. The molecule has 24 heavy (non-hydrogen) atoms. The van der Waals surface area contributed by atoms with Crippen LogP contribution in [-0.4, -0.2) is 28.5 Å². The lowest BCUT2D eigenvalue weighted by atomic mass is 10.3. The number of rotatable bonds is 6. The molecule has 1 amide bonds. The maximum Gasteiger partial charge on any atom is 0.262 e. The van der Waals surface area contributed by atoms with E-state index in [-0.39, 0.29) is 16.6 Å². The minimum atomic E-state index is -3.79. The van der Waals surface area contributed by atoms with Crippen LogP contribution in [0.5, 0.6) is 11.5 Å². The molecule has 0 radical (unpaired) electrons. The number of methoxy groups -OCH3 is 2. The lowest BCUT2D eigenvalue weighted by Gasteiger charge is -2.12. The Balaban J connectivity index is 2.29. The highest BCUT2D eigenvalue weighted by molar-refractivity contribution is 7.92. The highest BCUT2D eigenvalue weighted by Gasteiger charge is 2.17. The van der Waals surface area contributed by atoms with Crippen LogP contribution in [-0.2, 0) is 14.8 Å². The zero-order valence-corrected chi connectivity index (χ0v) is 14.3. The second kappa shape index (κ2) is 7.22. The monoisotopic (exact) mass is 350 g/mol. The second-order valence-corrected chi connectivity index (χ2v) is 6.56. The molecular weight excluding hydrogens is 332 g/mol. The van der Waals surface area contributed by atoms with Crippen LogP contribution in [0, 0.1) is 0 Å². The average Bonchev–Trinajstić information content (AvgIpc) is 2.55. The van der Waals surface area contributed by atoms with Gasteiger partial charge in [-0.25, -0.2) is 8.42 Å². The van der Waals surface area contributed by atoms with Gasteiger partial charge in [0.1, 0.15) is 11.5 Å². The summed E-state index contributed by atoms with van der Waals surface area (Å²) >= 11 is 0. The standard InChI is InChI=1S/C16H18N2O5S/c1-11(19)17-15-9-8-14(10-16(15)23-3)24(20,21)18-12-4-6-13(22-2)7-5-12/h4-10,18H,1-3H3,(H,17,19). The van der Waals surface area contributed by atoms with Crippen molar-refractivity contribution >= 4 is 27.3 Å². The molecule has 128 valence electrons. The van der Waals surface area contributed by atoms with Crippen molar-refractivity contribution in [1.29, 1.82) is 0 Å². The third-order valence-electron chi connectivity index (χ3n) is 3.14. The number of hydrogen-bond acceptors (Lipinski definition) is 5. The van der Waals surface area contributed by atoms with Crippen molar-refractivity contribution in [3.05, 3.63) is 42.5 Å². The van der Waals surface area contributed by atoms with E-state index in [1.54, 1.807) is 24.3 Å². The van der Waals surface area contributed by atoms with Crippen molar-refractivity contribution in [1.82, 2.24) is 0 Å². The summed E-state index contributed by atoms with van der Waals surface area (Å²) in [6.07, 6.45) is 0. The van der Waals surface area contributed by atoms with E-state index >= 15 is 0 Å². The van der Waals surface area contributed by atoms with Crippen LogP contribution in [0.3, 0.4) is 0 Å². The number of carbonyl (C=O) groups is 1. The van der Waals surface area contributed by atoms with Crippen LogP contribution < -0.4 is 19.5 Å². The first kappa shape index (κ1) is 17.6. The fourth-order valence-electron chi connectivity index (χ4n) is 2.00. The number of anilines is 2. The minimum Gasteiger partial charge on any atom is -0.497 e.